The third kappa shape index (κ3) is 5.80. The van der Waals surface area contributed by atoms with Crippen LogP contribution in [0.1, 0.15) is 68.1 Å². The van der Waals surface area contributed by atoms with E-state index in [0.29, 0.717) is 29.6 Å². The zero-order valence-electron chi connectivity index (χ0n) is 18.8. The highest BCUT2D eigenvalue weighted by molar-refractivity contribution is 5.94. The van der Waals surface area contributed by atoms with Crippen molar-refractivity contribution in [3.63, 3.8) is 0 Å². The summed E-state index contributed by atoms with van der Waals surface area (Å²) in [5.41, 5.74) is 0.406. The minimum absolute atomic E-state index is 0.0501. The maximum absolute atomic E-state index is 14.1. The van der Waals surface area contributed by atoms with E-state index in [2.05, 4.69) is 10.2 Å². The van der Waals surface area contributed by atoms with Gasteiger partial charge in [-0.3, -0.25) is 9.59 Å². The van der Waals surface area contributed by atoms with Crippen molar-refractivity contribution in [3.8, 4) is 5.75 Å². The number of piperidine rings is 1. The number of amides is 2. The Hall–Kier alpha value is -2.15. The van der Waals surface area contributed by atoms with Gasteiger partial charge in [-0.05, 0) is 80.8 Å². The van der Waals surface area contributed by atoms with E-state index in [1.54, 1.807) is 6.07 Å². The average molecular weight is 447 g/mol. The second-order valence-corrected chi connectivity index (χ2v) is 9.91. The third-order valence-corrected chi connectivity index (χ3v) is 7.39. The summed E-state index contributed by atoms with van der Waals surface area (Å²) in [5.74, 6) is 1.02. The first-order valence-corrected chi connectivity index (χ1v) is 12.1. The van der Waals surface area contributed by atoms with E-state index in [1.165, 1.54) is 37.8 Å². The Kier molecular flexibility index (Phi) is 7.33. The van der Waals surface area contributed by atoms with Crippen LogP contribution in [-0.4, -0.2) is 54.7 Å². The lowest BCUT2D eigenvalue weighted by atomic mass is 9.56. The maximum atomic E-state index is 14.1. The molecular formula is C25H35FN2O4. The monoisotopic (exact) mass is 446 g/mol. The molecular weight excluding hydrogens is 411 g/mol. The van der Waals surface area contributed by atoms with Crippen molar-refractivity contribution >= 4 is 11.8 Å². The van der Waals surface area contributed by atoms with Crippen LogP contribution in [0.15, 0.2) is 18.2 Å². The first-order chi connectivity index (χ1) is 15.5. The normalized spacial score (nSPS) is 20.1. The van der Waals surface area contributed by atoms with Crippen molar-refractivity contribution in [2.45, 2.75) is 57.8 Å². The van der Waals surface area contributed by atoms with Gasteiger partial charge >= 0.3 is 0 Å². The van der Waals surface area contributed by atoms with Gasteiger partial charge in [-0.1, -0.05) is 0 Å². The van der Waals surface area contributed by atoms with Crippen molar-refractivity contribution in [3.05, 3.63) is 29.6 Å². The molecule has 2 saturated carbocycles. The molecule has 7 heteroatoms. The average Bonchev–Trinajstić information content (AvgIpc) is 3.58. The fraction of sp³-hybridized carbons (Fsp3) is 0.680. The van der Waals surface area contributed by atoms with Crippen molar-refractivity contribution in [1.82, 2.24) is 10.2 Å². The molecule has 1 aromatic carbocycles. The van der Waals surface area contributed by atoms with Crippen LogP contribution in [0.25, 0.3) is 0 Å². The van der Waals surface area contributed by atoms with Crippen LogP contribution in [0.3, 0.4) is 0 Å². The Balaban J connectivity index is 1.11. The quantitative estimate of drug-likeness (QED) is 0.539. The first kappa shape index (κ1) is 23.0. The summed E-state index contributed by atoms with van der Waals surface area (Å²) >= 11 is 0. The smallest absolute Gasteiger partial charge is 0.254 e. The fourth-order valence-corrected chi connectivity index (χ4v) is 5.30. The Morgan fingerprint density at radius 3 is 2.59 bits per heavy atom. The predicted molar refractivity (Wildman–Crippen MR) is 119 cm³/mol. The molecule has 1 spiro atoms. The maximum Gasteiger partial charge on any atom is 0.254 e. The Morgan fingerprint density at radius 2 is 1.94 bits per heavy atom. The number of benzene rings is 1. The Morgan fingerprint density at radius 1 is 1.19 bits per heavy atom. The molecule has 176 valence electrons. The summed E-state index contributed by atoms with van der Waals surface area (Å²) in [5, 5.41) is 11.2. The first-order valence-electron chi connectivity index (χ1n) is 12.1. The van der Waals surface area contributed by atoms with E-state index in [-0.39, 0.29) is 18.7 Å². The topological polar surface area (TPSA) is 78.9 Å². The molecule has 0 bridgehead atoms. The summed E-state index contributed by atoms with van der Waals surface area (Å²) in [4.78, 5) is 26.2. The molecule has 2 N–H and O–H groups in total. The largest absolute Gasteiger partial charge is 0.493 e. The number of hydrogen-bond donors (Lipinski definition) is 2. The summed E-state index contributed by atoms with van der Waals surface area (Å²) in [6.45, 7) is 2.30. The minimum Gasteiger partial charge on any atom is -0.493 e. The molecule has 0 radical (unpaired) electrons. The van der Waals surface area contributed by atoms with Gasteiger partial charge in [0.1, 0.15) is 11.6 Å². The van der Waals surface area contributed by atoms with Gasteiger partial charge in [0.15, 0.2) is 0 Å². The van der Waals surface area contributed by atoms with Crippen LogP contribution in [0.2, 0.25) is 0 Å². The second-order valence-electron chi connectivity index (χ2n) is 9.91. The summed E-state index contributed by atoms with van der Waals surface area (Å²) in [6.07, 6.45) is 10.1. The van der Waals surface area contributed by atoms with Crippen molar-refractivity contribution < 1.29 is 23.8 Å². The van der Waals surface area contributed by atoms with Gasteiger partial charge in [-0.2, -0.15) is 0 Å². The van der Waals surface area contributed by atoms with E-state index in [1.807, 2.05) is 0 Å². The molecule has 1 heterocycles. The fourth-order valence-electron chi connectivity index (χ4n) is 5.30. The molecule has 0 aromatic heterocycles. The zero-order valence-corrected chi connectivity index (χ0v) is 18.8. The molecule has 0 unspecified atom stereocenters. The van der Waals surface area contributed by atoms with Crippen LogP contribution in [-0.2, 0) is 4.79 Å². The number of hydrogen-bond acceptors (Lipinski definition) is 4. The van der Waals surface area contributed by atoms with Crippen LogP contribution in [0.5, 0.6) is 5.75 Å². The molecule has 32 heavy (non-hydrogen) atoms. The SMILES string of the molecule is O=C(NCCO)c1ccc(OCCCC2CC3(CCN(C(=O)CC4CC4)CC3)C2)cc1F. The molecule has 6 nitrogen and oxygen atoms in total. The van der Waals surface area contributed by atoms with Crippen LogP contribution >= 0.6 is 0 Å². The van der Waals surface area contributed by atoms with Gasteiger partial charge in [0.2, 0.25) is 5.91 Å². The molecule has 2 amide bonds. The number of carbonyl (C=O) groups is 2. The lowest BCUT2D eigenvalue weighted by molar-refractivity contribution is -0.135. The number of aliphatic hydroxyl groups is 1. The van der Waals surface area contributed by atoms with Gasteiger partial charge < -0.3 is 20.1 Å². The standard InChI is InChI=1S/C25H35FN2O4/c26-22-15-20(5-6-21(22)24(31)27-9-12-29)32-13-1-2-19-16-25(17-19)7-10-28(11-8-25)23(30)14-18-3-4-18/h5-6,15,18-19,29H,1-4,7-14,16-17H2,(H,27,31). The van der Waals surface area contributed by atoms with Gasteiger partial charge in [0.05, 0.1) is 18.8 Å². The molecule has 1 saturated heterocycles. The highest BCUT2D eigenvalue weighted by atomic mass is 19.1. The number of rotatable bonds is 10. The molecule has 3 aliphatic rings. The number of carbonyl (C=O) groups excluding carboxylic acids is 2. The summed E-state index contributed by atoms with van der Waals surface area (Å²) < 4.78 is 19.8. The van der Waals surface area contributed by atoms with E-state index in [4.69, 9.17) is 9.84 Å². The van der Waals surface area contributed by atoms with Gasteiger partial charge in [-0.15, -0.1) is 0 Å². The van der Waals surface area contributed by atoms with E-state index in [0.717, 1.165) is 51.1 Å². The van der Waals surface area contributed by atoms with Crippen LogP contribution < -0.4 is 10.1 Å². The lowest BCUT2D eigenvalue weighted by Gasteiger charge is -2.52. The van der Waals surface area contributed by atoms with Crippen molar-refractivity contribution in [2.24, 2.45) is 17.3 Å². The minimum atomic E-state index is -0.624. The molecule has 1 aliphatic heterocycles. The van der Waals surface area contributed by atoms with Gasteiger partial charge in [0.25, 0.3) is 5.91 Å². The molecule has 4 rings (SSSR count). The molecule has 2 aliphatic carbocycles. The van der Waals surface area contributed by atoms with Crippen LogP contribution in [0, 0.1) is 23.1 Å². The number of likely N-dealkylation sites (tertiary alicyclic amines) is 1. The number of aliphatic hydroxyl groups excluding tert-OH is 1. The molecule has 1 aromatic rings. The second kappa shape index (κ2) is 10.2. The van der Waals surface area contributed by atoms with E-state index in [9.17, 15) is 14.0 Å². The van der Waals surface area contributed by atoms with E-state index >= 15 is 0 Å². The number of ether oxygens (including phenoxy) is 1. The van der Waals surface area contributed by atoms with Gasteiger partial charge in [-0.25, -0.2) is 4.39 Å². The zero-order chi connectivity index (χ0) is 22.6. The highest BCUT2D eigenvalue weighted by Gasteiger charge is 2.45. The summed E-state index contributed by atoms with van der Waals surface area (Å²) in [7, 11) is 0. The third-order valence-electron chi connectivity index (χ3n) is 7.39. The number of nitrogens with one attached hydrogen (secondary N) is 1. The number of halogens is 1. The van der Waals surface area contributed by atoms with Crippen molar-refractivity contribution in [2.75, 3.05) is 32.8 Å². The molecule has 3 fully saturated rings. The summed E-state index contributed by atoms with van der Waals surface area (Å²) in [6, 6.07) is 4.26. The Bertz CT molecular complexity index is 810. The molecule has 0 atom stereocenters. The van der Waals surface area contributed by atoms with Crippen LogP contribution in [0.4, 0.5) is 4.39 Å². The van der Waals surface area contributed by atoms with E-state index < -0.39 is 11.7 Å². The lowest BCUT2D eigenvalue weighted by Crippen LogP contribution is -2.48. The number of nitrogens with zero attached hydrogens (tertiary/aromatic N) is 1. The van der Waals surface area contributed by atoms with Crippen molar-refractivity contribution in [1.29, 1.82) is 0 Å². The van der Waals surface area contributed by atoms with Gasteiger partial charge in [0, 0.05) is 32.1 Å². The highest BCUT2D eigenvalue weighted by Crippen LogP contribution is 2.54. The predicted octanol–water partition coefficient (Wildman–Crippen LogP) is 3.53. The Labute approximate surface area is 189 Å².